The van der Waals surface area contributed by atoms with Crippen molar-refractivity contribution in [2.75, 3.05) is 29.5 Å². The third-order valence-corrected chi connectivity index (χ3v) is 6.51. The summed E-state index contributed by atoms with van der Waals surface area (Å²) in [6, 6.07) is 18.4. The predicted octanol–water partition coefficient (Wildman–Crippen LogP) is 5.45. The molecule has 0 heterocycles. The summed E-state index contributed by atoms with van der Waals surface area (Å²) >= 11 is 0. The Balaban J connectivity index is 1.81. The first-order valence-corrected chi connectivity index (χ1v) is 12.7. The number of benzene rings is 3. The Morgan fingerprint density at radius 1 is 0.969 bits per heavy atom. The number of hydrogen-bond acceptors (Lipinski definition) is 4. The molecular formula is C25H30N2O4S. The number of hydrogen-bond donors (Lipinski definition) is 1. The van der Waals surface area contributed by atoms with Crippen LogP contribution in [0.5, 0.6) is 5.75 Å². The zero-order chi connectivity index (χ0) is 23.1. The first-order valence-electron chi connectivity index (χ1n) is 10.8. The Morgan fingerprint density at radius 3 is 2.44 bits per heavy atom. The molecule has 3 rings (SSSR count). The van der Waals surface area contributed by atoms with E-state index in [9.17, 15) is 13.2 Å². The van der Waals surface area contributed by atoms with Crippen LogP contribution in [0.1, 0.15) is 43.0 Å². The topological polar surface area (TPSA) is 75.7 Å². The summed E-state index contributed by atoms with van der Waals surface area (Å²) in [5.41, 5.74) is 1.52. The number of carbonyl (C=O) groups is 1. The van der Waals surface area contributed by atoms with Gasteiger partial charge in [0.1, 0.15) is 5.75 Å². The molecule has 0 bridgehead atoms. The molecule has 0 saturated heterocycles. The van der Waals surface area contributed by atoms with Crippen molar-refractivity contribution >= 4 is 38.1 Å². The maximum atomic E-state index is 12.8. The van der Waals surface area contributed by atoms with Gasteiger partial charge in [0.05, 0.1) is 18.6 Å². The highest BCUT2D eigenvalue weighted by Gasteiger charge is 2.18. The Bertz CT molecular complexity index is 1190. The lowest BCUT2D eigenvalue weighted by molar-refractivity contribution is 0.102. The van der Waals surface area contributed by atoms with Gasteiger partial charge in [0.15, 0.2) is 0 Å². The van der Waals surface area contributed by atoms with Gasteiger partial charge in [-0.1, -0.05) is 56.5 Å². The second-order valence-electron chi connectivity index (χ2n) is 7.84. The van der Waals surface area contributed by atoms with Crippen LogP contribution >= 0.6 is 0 Å². The lowest BCUT2D eigenvalue weighted by atomic mass is 10.1. The number of carbonyl (C=O) groups excluding carboxylic acids is 1. The van der Waals surface area contributed by atoms with Crippen LogP contribution in [0.4, 0.5) is 11.4 Å². The summed E-state index contributed by atoms with van der Waals surface area (Å²) in [6.45, 7) is 2.62. The molecule has 32 heavy (non-hydrogen) atoms. The van der Waals surface area contributed by atoms with Crippen molar-refractivity contribution in [3.63, 3.8) is 0 Å². The van der Waals surface area contributed by atoms with Crippen LogP contribution in [0.15, 0.2) is 60.7 Å². The average molecular weight is 455 g/mol. The molecule has 0 spiro atoms. The normalized spacial score (nSPS) is 11.3. The molecule has 0 atom stereocenters. The van der Waals surface area contributed by atoms with E-state index in [4.69, 9.17) is 4.74 Å². The Labute approximate surface area is 190 Å². The highest BCUT2D eigenvalue weighted by Crippen LogP contribution is 2.32. The van der Waals surface area contributed by atoms with E-state index >= 15 is 0 Å². The van der Waals surface area contributed by atoms with E-state index in [0.717, 1.165) is 42.7 Å². The Morgan fingerprint density at radius 2 is 1.72 bits per heavy atom. The molecule has 0 radical (unpaired) electrons. The van der Waals surface area contributed by atoms with Crippen LogP contribution in [-0.2, 0) is 10.0 Å². The van der Waals surface area contributed by atoms with E-state index in [2.05, 4.69) is 12.2 Å². The van der Waals surface area contributed by atoms with E-state index in [1.165, 1.54) is 11.4 Å². The van der Waals surface area contributed by atoms with Gasteiger partial charge in [-0.3, -0.25) is 9.10 Å². The minimum Gasteiger partial charge on any atom is -0.491 e. The molecular weight excluding hydrogens is 424 g/mol. The molecule has 3 aromatic rings. The van der Waals surface area contributed by atoms with Crippen LogP contribution in [0.3, 0.4) is 0 Å². The van der Waals surface area contributed by atoms with Crippen molar-refractivity contribution in [1.29, 1.82) is 0 Å². The van der Waals surface area contributed by atoms with Crippen molar-refractivity contribution in [3.8, 4) is 5.75 Å². The molecule has 1 amide bonds. The van der Waals surface area contributed by atoms with Crippen LogP contribution in [0.25, 0.3) is 10.8 Å². The van der Waals surface area contributed by atoms with Crippen molar-refractivity contribution in [2.45, 2.75) is 32.6 Å². The lowest BCUT2D eigenvalue weighted by Crippen LogP contribution is -2.25. The van der Waals surface area contributed by atoms with E-state index in [-0.39, 0.29) is 5.91 Å². The number of sulfonamides is 1. The highest BCUT2D eigenvalue weighted by atomic mass is 32.2. The standard InChI is InChI=1S/C25H30N2O4S/c1-4-5-6-9-16-31-24-18-22(14-15-23(24)27(2)32(3,29)30)26-25(28)21-13-12-19-10-7-8-11-20(19)17-21/h7-8,10-15,17-18H,4-6,9,16H2,1-3H3,(H,26,28). The predicted molar refractivity (Wildman–Crippen MR) is 131 cm³/mol. The molecule has 0 aliphatic carbocycles. The van der Waals surface area contributed by atoms with E-state index in [0.29, 0.717) is 29.3 Å². The van der Waals surface area contributed by atoms with Gasteiger partial charge in [-0.15, -0.1) is 0 Å². The van der Waals surface area contributed by atoms with Crippen LogP contribution in [0, 0.1) is 0 Å². The van der Waals surface area contributed by atoms with Crippen molar-refractivity contribution in [1.82, 2.24) is 0 Å². The summed E-state index contributed by atoms with van der Waals surface area (Å²) in [4.78, 5) is 12.8. The molecule has 0 aromatic heterocycles. The quantitative estimate of drug-likeness (QED) is 0.414. The minimum absolute atomic E-state index is 0.242. The number of amides is 1. The molecule has 1 N–H and O–H groups in total. The molecule has 0 aliphatic rings. The molecule has 0 unspecified atom stereocenters. The second-order valence-corrected chi connectivity index (χ2v) is 9.85. The second kappa shape index (κ2) is 10.5. The summed E-state index contributed by atoms with van der Waals surface area (Å²) in [5, 5.41) is 4.95. The third-order valence-electron chi connectivity index (χ3n) is 5.32. The van der Waals surface area contributed by atoms with Crippen molar-refractivity contribution < 1.29 is 17.9 Å². The molecule has 0 fully saturated rings. The smallest absolute Gasteiger partial charge is 0.255 e. The number of anilines is 2. The number of nitrogens with zero attached hydrogens (tertiary/aromatic N) is 1. The average Bonchev–Trinajstić information content (AvgIpc) is 2.77. The lowest BCUT2D eigenvalue weighted by Gasteiger charge is -2.21. The number of nitrogens with one attached hydrogen (secondary N) is 1. The highest BCUT2D eigenvalue weighted by molar-refractivity contribution is 7.92. The molecule has 7 heteroatoms. The molecule has 0 aliphatic heterocycles. The summed E-state index contributed by atoms with van der Waals surface area (Å²) < 4.78 is 31.2. The van der Waals surface area contributed by atoms with Gasteiger partial charge >= 0.3 is 0 Å². The molecule has 3 aromatic carbocycles. The summed E-state index contributed by atoms with van der Waals surface area (Å²) in [6.07, 6.45) is 5.32. The number of rotatable bonds is 10. The number of unbranched alkanes of at least 4 members (excludes halogenated alkanes) is 3. The maximum absolute atomic E-state index is 12.8. The van der Waals surface area contributed by atoms with Crippen molar-refractivity contribution in [2.24, 2.45) is 0 Å². The maximum Gasteiger partial charge on any atom is 0.255 e. The fourth-order valence-corrected chi connectivity index (χ4v) is 3.90. The zero-order valence-corrected chi connectivity index (χ0v) is 19.6. The van der Waals surface area contributed by atoms with Gasteiger partial charge in [-0.2, -0.15) is 0 Å². The fraction of sp³-hybridized carbons (Fsp3) is 0.320. The monoisotopic (exact) mass is 454 g/mol. The van der Waals surface area contributed by atoms with Gasteiger partial charge in [-0.25, -0.2) is 8.42 Å². The van der Waals surface area contributed by atoms with Gasteiger partial charge in [0.25, 0.3) is 5.91 Å². The van der Waals surface area contributed by atoms with Crippen molar-refractivity contribution in [3.05, 3.63) is 66.2 Å². The van der Waals surface area contributed by atoms with Gasteiger partial charge < -0.3 is 10.1 Å². The van der Waals surface area contributed by atoms with Gasteiger partial charge in [-0.05, 0) is 41.5 Å². The zero-order valence-electron chi connectivity index (χ0n) is 18.8. The Kier molecular flexibility index (Phi) is 7.75. The molecule has 6 nitrogen and oxygen atoms in total. The van der Waals surface area contributed by atoms with E-state index < -0.39 is 10.0 Å². The summed E-state index contributed by atoms with van der Waals surface area (Å²) in [7, 11) is -1.96. The first-order chi connectivity index (χ1) is 15.3. The summed E-state index contributed by atoms with van der Waals surface area (Å²) in [5.74, 6) is 0.180. The fourth-order valence-electron chi connectivity index (χ4n) is 3.39. The first kappa shape index (κ1) is 23.6. The largest absolute Gasteiger partial charge is 0.491 e. The Hall–Kier alpha value is -3.06. The third kappa shape index (κ3) is 6.01. The van der Waals surface area contributed by atoms with Crippen LogP contribution in [0.2, 0.25) is 0 Å². The van der Waals surface area contributed by atoms with Crippen LogP contribution in [-0.4, -0.2) is 34.2 Å². The molecule has 170 valence electrons. The van der Waals surface area contributed by atoms with Crippen LogP contribution < -0.4 is 14.4 Å². The molecule has 0 saturated carbocycles. The number of ether oxygens (including phenoxy) is 1. The minimum atomic E-state index is -3.45. The SMILES string of the molecule is CCCCCCOc1cc(NC(=O)c2ccc3ccccc3c2)ccc1N(C)S(C)(=O)=O. The number of fused-ring (bicyclic) bond motifs is 1. The van der Waals surface area contributed by atoms with Gasteiger partial charge in [0, 0.05) is 24.4 Å². The van der Waals surface area contributed by atoms with E-state index in [1.54, 1.807) is 24.3 Å². The van der Waals surface area contributed by atoms with E-state index in [1.807, 2.05) is 36.4 Å². The van der Waals surface area contributed by atoms with Gasteiger partial charge in [0.2, 0.25) is 10.0 Å².